The van der Waals surface area contributed by atoms with Crippen LogP contribution in [0.25, 0.3) is 0 Å². The third-order valence-electron chi connectivity index (χ3n) is 9.36. The van der Waals surface area contributed by atoms with E-state index < -0.39 is 11.9 Å². The van der Waals surface area contributed by atoms with Crippen LogP contribution in [0.2, 0.25) is 0 Å². The molecular formula is C36H40N10O6. The molecule has 3 aromatic heterocycles. The van der Waals surface area contributed by atoms with E-state index in [1.807, 2.05) is 18.2 Å². The molecule has 3 aromatic rings. The maximum Gasteiger partial charge on any atom is 0.321 e. The Morgan fingerprint density at radius 2 is 1.77 bits per heavy atom. The minimum absolute atomic E-state index is 0.198. The lowest BCUT2D eigenvalue weighted by molar-refractivity contribution is -0.136. The minimum atomic E-state index is -0.687. The number of hydrogen-bond acceptors (Lipinski definition) is 10. The number of carbonyl (C=O) groups excluding carboxylic acids is 5. The summed E-state index contributed by atoms with van der Waals surface area (Å²) in [5.41, 5.74) is 2.08. The van der Waals surface area contributed by atoms with E-state index in [0.717, 1.165) is 12.0 Å². The topological polar surface area (TPSA) is 200 Å². The highest BCUT2D eigenvalue weighted by Crippen LogP contribution is 2.35. The van der Waals surface area contributed by atoms with Crippen molar-refractivity contribution in [3.63, 3.8) is 0 Å². The highest BCUT2D eigenvalue weighted by Gasteiger charge is 2.50. The lowest BCUT2D eigenvalue weighted by Gasteiger charge is -2.34. The molecule has 3 aliphatic rings. The number of nitrogens with zero attached hydrogens (tertiary/aromatic N) is 5. The fraction of sp³-hybridized carbons (Fsp3) is 0.333. The Labute approximate surface area is 299 Å². The molecule has 2 fully saturated rings. The van der Waals surface area contributed by atoms with Crippen LogP contribution in [0.5, 0.6) is 0 Å². The van der Waals surface area contributed by atoms with Crippen LogP contribution < -0.4 is 32.1 Å². The molecule has 52 heavy (non-hydrogen) atoms. The monoisotopic (exact) mass is 708 g/mol. The molecule has 2 saturated heterocycles. The van der Waals surface area contributed by atoms with Gasteiger partial charge in [0.05, 0.1) is 28.9 Å². The predicted molar refractivity (Wildman–Crippen MR) is 192 cm³/mol. The van der Waals surface area contributed by atoms with Crippen LogP contribution in [0.15, 0.2) is 77.5 Å². The number of allylic oxidation sites excluding steroid dienone is 2. The summed E-state index contributed by atoms with van der Waals surface area (Å²) in [6.07, 6.45) is 13.0. The molecule has 270 valence electrons. The van der Waals surface area contributed by atoms with Gasteiger partial charge in [-0.1, -0.05) is 18.2 Å². The molecule has 6 amide bonds. The molecule has 5 N–H and O–H groups in total. The first-order chi connectivity index (χ1) is 25.0. The fourth-order valence-corrected chi connectivity index (χ4v) is 6.66. The Kier molecular flexibility index (Phi) is 10.4. The van der Waals surface area contributed by atoms with E-state index in [-0.39, 0.29) is 59.1 Å². The number of nitrogens with one attached hydrogen (secondary N) is 5. The first-order valence-corrected chi connectivity index (χ1v) is 17.0. The summed E-state index contributed by atoms with van der Waals surface area (Å²) >= 11 is 0. The van der Waals surface area contributed by atoms with Crippen LogP contribution in [0.3, 0.4) is 0 Å². The van der Waals surface area contributed by atoms with Crippen molar-refractivity contribution < 1.29 is 24.0 Å². The maximum atomic E-state index is 13.2. The van der Waals surface area contributed by atoms with Crippen molar-refractivity contribution in [3.8, 4) is 0 Å². The summed E-state index contributed by atoms with van der Waals surface area (Å²) in [6.45, 7) is 0.440. The lowest BCUT2D eigenvalue weighted by atomic mass is 9.89. The van der Waals surface area contributed by atoms with E-state index in [9.17, 15) is 28.8 Å². The van der Waals surface area contributed by atoms with Gasteiger partial charge < -0.3 is 35.6 Å². The van der Waals surface area contributed by atoms with E-state index >= 15 is 0 Å². The van der Waals surface area contributed by atoms with Gasteiger partial charge in [0.15, 0.2) is 0 Å². The van der Waals surface area contributed by atoms with Gasteiger partial charge in [0.25, 0.3) is 17.4 Å². The number of carbonyl (C=O) groups is 5. The molecule has 2 aliphatic heterocycles. The number of aryl methyl sites for hydroxylation is 1. The molecule has 0 radical (unpaired) electrons. The number of aromatic nitrogens is 3. The standard InChI is InChI=1S/C36H40N10O6/c1-37-33(49)23-20-40-29(18-25(23)41-24-10-7-17-44(2)35(24)51)42-28-14-12-22(19-39-28)32(48)38-16-5-4-8-21-9-6-11-26-31(21)45(3)36(52)46(26)27-13-15-30(47)43-34(27)50/h6-7,9-12,14,17-20,26-27,31H,4-5,8,13,15-16H2,1-3H3,(H,37,49)(H,38,48)(H,43,47,50)(H2,39,40,41,42). The zero-order valence-electron chi connectivity index (χ0n) is 29.0. The summed E-state index contributed by atoms with van der Waals surface area (Å²) in [4.78, 5) is 87.3. The molecule has 5 heterocycles. The average Bonchev–Trinajstić information content (AvgIpc) is 3.39. The number of hydrogen-bond donors (Lipinski definition) is 5. The molecule has 3 unspecified atom stereocenters. The predicted octanol–water partition coefficient (Wildman–Crippen LogP) is 2.33. The van der Waals surface area contributed by atoms with Gasteiger partial charge in [-0.15, -0.1) is 0 Å². The van der Waals surface area contributed by atoms with E-state index in [4.69, 9.17) is 0 Å². The number of pyridine rings is 3. The first kappa shape index (κ1) is 35.5. The quantitative estimate of drug-likeness (QED) is 0.137. The van der Waals surface area contributed by atoms with E-state index in [1.165, 1.54) is 24.0 Å². The van der Waals surface area contributed by atoms with Crippen molar-refractivity contribution >= 4 is 52.7 Å². The SMILES string of the molecule is CNC(=O)c1cnc(Nc2ccc(C(=O)NCCCCC3=CC=CC4C3N(C)C(=O)N4C3CCC(=O)NC3=O)cn2)cc1Nc1cccn(C)c1=O. The molecule has 16 heteroatoms. The number of amides is 6. The number of fused-ring (bicyclic) bond motifs is 1. The third-order valence-corrected chi connectivity index (χ3v) is 9.36. The van der Waals surface area contributed by atoms with Crippen molar-refractivity contribution in [2.75, 3.05) is 31.3 Å². The second kappa shape index (κ2) is 15.3. The van der Waals surface area contributed by atoms with Crippen molar-refractivity contribution in [2.45, 2.75) is 50.2 Å². The normalized spacial score (nSPS) is 19.5. The summed E-state index contributed by atoms with van der Waals surface area (Å²) in [6, 6.07) is 6.77. The number of piperidine rings is 1. The summed E-state index contributed by atoms with van der Waals surface area (Å²) in [7, 11) is 4.87. The number of anilines is 4. The second-order valence-electron chi connectivity index (χ2n) is 12.8. The maximum absolute atomic E-state index is 13.2. The van der Waals surface area contributed by atoms with Gasteiger partial charge in [-0.25, -0.2) is 14.8 Å². The van der Waals surface area contributed by atoms with Gasteiger partial charge >= 0.3 is 6.03 Å². The Balaban J connectivity index is 1.00. The largest absolute Gasteiger partial charge is 0.355 e. The molecule has 0 saturated carbocycles. The van der Waals surface area contributed by atoms with Gasteiger partial charge in [0.2, 0.25) is 11.8 Å². The minimum Gasteiger partial charge on any atom is -0.355 e. The number of rotatable bonds is 12. The van der Waals surface area contributed by atoms with Gasteiger partial charge in [0, 0.05) is 58.8 Å². The molecule has 0 bridgehead atoms. The van der Waals surface area contributed by atoms with Gasteiger partial charge in [-0.05, 0) is 55.5 Å². The smallest absolute Gasteiger partial charge is 0.321 e. The summed E-state index contributed by atoms with van der Waals surface area (Å²) in [5, 5.41) is 13.9. The van der Waals surface area contributed by atoms with Crippen LogP contribution >= 0.6 is 0 Å². The van der Waals surface area contributed by atoms with Crippen molar-refractivity contribution in [2.24, 2.45) is 7.05 Å². The Hall–Kier alpha value is -6.32. The van der Waals surface area contributed by atoms with Crippen LogP contribution in [0, 0.1) is 0 Å². The van der Waals surface area contributed by atoms with Gasteiger partial charge in [-0.3, -0.25) is 29.3 Å². The molecule has 6 rings (SSSR count). The molecular weight excluding hydrogens is 668 g/mol. The van der Waals surface area contributed by atoms with E-state index in [2.05, 4.69) is 36.6 Å². The fourth-order valence-electron chi connectivity index (χ4n) is 6.66. The van der Waals surface area contributed by atoms with Crippen molar-refractivity contribution in [1.29, 1.82) is 0 Å². The van der Waals surface area contributed by atoms with E-state index in [0.29, 0.717) is 48.7 Å². The molecule has 1 aliphatic carbocycles. The zero-order chi connectivity index (χ0) is 36.9. The number of urea groups is 1. The molecule has 0 spiro atoms. The molecule has 16 nitrogen and oxygen atoms in total. The zero-order valence-corrected chi connectivity index (χ0v) is 29.0. The Morgan fingerprint density at radius 3 is 2.52 bits per heavy atom. The van der Waals surface area contributed by atoms with Crippen LogP contribution in [-0.2, 0) is 16.6 Å². The first-order valence-electron chi connectivity index (χ1n) is 17.0. The highest BCUT2D eigenvalue weighted by molar-refractivity contribution is 6.02. The third kappa shape index (κ3) is 7.40. The highest BCUT2D eigenvalue weighted by atomic mass is 16.2. The molecule has 3 atom stereocenters. The van der Waals surface area contributed by atoms with Crippen LogP contribution in [0.4, 0.5) is 27.8 Å². The Bertz CT molecular complexity index is 2020. The average molecular weight is 709 g/mol. The number of likely N-dealkylation sites (N-methyl/N-ethyl adjacent to an activating group) is 1. The number of imide groups is 1. The van der Waals surface area contributed by atoms with E-state index in [1.54, 1.807) is 60.4 Å². The van der Waals surface area contributed by atoms with Crippen molar-refractivity contribution in [3.05, 3.63) is 94.2 Å². The van der Waals surface area contributed by atoms with Crippen molar-refractivity contribution in [1.82, 2.24) is 40.3 Å². The second-order valence-corrected chi connectivity index (χ2v) is 12.8. The van der Waals surface area contributed by atoms with Crippen LogP contribution in [0.1, 0.15) is 52.8 Å². The summed E-state index contributed by atoms with van der Waals surface area (Å²) < 4.78 is 1.42. The van der Waals surface area contributed by atoms with Crippen LogP contribution in [-0.4, -0.2) is 92.8 Å². The number of unbranched alkanes of at least 4 members (excludes halogenated alkanes) is 1. The Morgan fingerprint density at radius 1 is 0.962 bits per heavy atom. The van der Waals surface area contributed by atoms with Gasteiger partial charge in [0.1, 0.15) is 23.4 Å². The lowest BCUT2D eigenvalue weighted by Crippen LogP contribution is -2.55. The van der Waals surface area contributed by atoms with Gasteiger partial charge in [-0.2, -0.15) is 0 Å². The molecule has 0 aromatic carbocycles. The summed E-state index contributed by atoms with van der Waals surface area (Å²) in [5.74, 6) is -0.637.